The summed E-state index contributed by atoms with van der Waals surface area (Å²) in [6, 6.07) is 13.0. The van der Waals surface area contributed by atoms with Gasteiger partial charge in [-0.15, -0.1) is 0 Å². The lowest BCUT2D eigenvalue weighted by molar-refractivity contribution is -0.139. The summed E-state index contributed by atoms with van der Waals surface area (Å²) in [6.07, 6.45) is 5.05. The van der Waals surface area contributed by atoms with Crippen molar-refractivity contribution in [3.05, 3.63) is 63.6 Å². The number of hydrogen-bond acceptors (Lipinski definition) is 4. The molecule has 1 atom stereocenters. The van der Waals surface area contributed by atoms with Gasteiger partial charge >= 0.3 is 0 Å². The van der Waals surface area contributed by atoms with E-state index in [0.717, 1.165) is 46.3 Å². The van der Waals surface area contributed by atoms with Gasteiger partial charge in [-0.05, 0) is 61.7 Å². The summed E-state index contributed by atoms with van der Waals surface area (Å²) in [6.45, 7) is 1.41. The number of sulfonamides is 1. The molecule has 1 fully saturated rings. The zero-order chi connectivity index (χ0) is 24.9. The van der Waals surface area contributed by atoms with Crippen LogP contribution in [-0.2, 0) is 26.2 Å². The van der Waals surface area contributed by atoms with E-state index in [9.17, 15) is 18.0 Å². The van der Waals surface area contributed by atoms with E-state index >= 15 is 0 Å². The SMILES string of the molecule is C[C@@H](C(=O)NC1CCCC1)N(Cc1ccc(Br)cc1)C(=O)CN(c1ccc(Cl)cc1)S(C)(=O)=O. The highest BCUT2D eigenvalue weighted by Crippen LogP contribution is 2.22. The van der Waals surface area contributed by atoms with Gasteiger partial charge in [0.05, 0.1) is 11.9 Å². The number of hydrogen-bond donors (Lipinski definition) is 1. The molecule has 0 saturated heterocycles. The largest absolute Gasteiger partial charge is 0.352 e. The minimum absolute atomic E-state index is 0.112. The number of benzene rings is 2. The van der Waals surface area contributed by atoms with Gasteiger partial charge in [0.1, 0.15) is 12.6 Å². The van der Waals surface area contributed by atoms with Crippen molar-refractivity contribution in [1.82, 2.24) is 10.2 Å². The summed E-state index contributed by atoms with van der Waals surface area (Å²) in [4.78, 5) is 28.0. The van der Waals surface area contributed by atoms with Gasteiger partial charge in [-0.2, -0.15) is 0 Å². The van der Waals surface area contributed by atoms with Gasteiger partial charge in [-0.1, -0.05) is 52.5 Å². The molecular formula is C24H29BrClN3O4S. The molecule has 34 heavy (non-hydrogen) atoms. The first-order valence-electron chi connectivity index (χ1n) is 11.1. The quantitative estimate of drug-likeness (QED) is 0.486. The Bertz CT molecular complexity index is 1100. The van der Waals surface area contributed by atoms with E-state index in [0.29, 0.717) is 10.7 Å². The highest BCUT2D eigenvalue weighted by Gasteiger charge is 2.31. The normalized spacial score (nSPS) is 15.1. The van der Waals surface area contributed by atoms with E-state index in [1.807, 2.05) is 24.3 Å². The third-order valence-electron chi connectivity index (χ3n) is 5.93. The van der Waals surface area contributed by atoms with Crippen LogP contribution in [0.3, 0.4) is 0 Å². The zero-order valence-corrected chi connectivity index (χ0v) is 22.4. The molecule has 1 aliphatic carbocycles. The second-order valence-electron chi connectivity index (χ2n) is 8.56. The summed E-state index contributed by atoms with van der Waals surface area (Å²) in [5.41, 5.74) is 1.15. The van der Waals surface area contributed by atoms with E-state index in [1.54, 1.807) is 31.2 Å². The van der Waals surface area contributed by atoms with Crippen LogP contribution < -0.4 is 9.62 Å². The van der Waals surface area contributed by atoms with E-state index in [2.05, 4.69) is 21.2 Å². The molecule has 2 aromatic carbocycles. The van der Waals surface area contributed by atoms with Crippen LogP contribution in [0.1, 0.15) is 38.2 Å². The first-order chi connectivity index (χ1) is 16.0. The Labute approximate surface area is 214 Å². The van der Waals surface area contributed by atoms with Crippen molar-refractivity contribution in [3.63, 3.8) is 0 Å². The summed E-state index contributed by atoms with van der Waals surface area (Å²) in [5, 5.41) is 3.50. The number of carbonyl (C=O) groups is 2. The highest BCUT2D eigenvalue weighted by molar-refractivity contribution is 9.10. The Kier molecular flexibility index (Phi) is 9.01. The summed E-state index contributed by atoms with van der Waals surface area (Å²) < 4.78 is 27.0. The summed E-state index contributed by atoms with van der Waals surface area (Å²) >= 11 is 9.34. The molecule has 0 aromatic heterocycles. The Morgan fingerprint density at radius 2 is 1.68 bits per heavy atom. The number of halogens is 2. The lowest BCUT2D eigenvalue weighted by Gasteiger charge is -2.32. The lowest BCUT2D eigenvalue weighted by atomic mass is 10.1. The molecule has 1 saturated carbocycles. The Balaban J connectivity index is 1.86. The fourth-order valence-electron chi connectivity index (χ4n) is 3.98. The number of carbonyl (C=O) groups excluding carboxylic acids is 2. The van der Waals surface area contributed by atoms with Gasteiger partial charge < -0.3 is 10.2 Å². The standard InChI is InChI=1S/C24H29BrClN3O4S/c1-17(24(31)27-21-5-3-4-6-21)28(15-18-7-9-19(25)10-8-18)23(30)16-29(34(2,32)33)22-13-11-20(26)12-14-22/h7-14,17,21H,3-6,15-16H2,1-2H3,(H,27,31)/t17-/m0/s1. The van der Waals surface area contributed by atoms with Crippen LogP contribution >= 0.6 is 27.5 Å². The number of nitrogens with zero attached hydrogens (tertiary/aromatic N) is 2. The average Bonchev–Trinajstić information content (AvgIpc) is 3.29. The van der Waals surface area contributed by atoms with Crippen LogP contribution in [0, 0.1) is 0 Å². The molecule has 1 aliphatic rings. The second-order valence-corrected chi connectivity index (χ2v) is 11.8. The predicted octanol–water partition coefficient (Wildman–Crippen LogP) is 4.34. The predicted molar refractivity (Wildman–Crippen MR) is 138 cm³/mol. The minimum atomic E-state index is -3.77. The van der Waals surface area contributed by atoms with Crippen molar-refractivity contribution in [1.29, 1.82) is 0 Å². The van der Waals surface area contributed by atoms with E-state index in [1.165, 1.54) is 4.90 Å². The van der Waals surface area contributed by atoms with Gasteiger partial charge in [-0.25, -0.2) is 8.42 Å². The molecule has 2 amide bonds. The van der Waals surface area contributed by atoms with Gasteiger partial charge in [0.2, 0.25) is 21.8 Å². The number of nitrogens with one attached hydrogen (secondary N) is 1. The summed E-state index contributed by atoms with van der Waals surface area (Å²) in [7, 11) is -3.77. The molecule has 7 nitrogen and oxygen atoms in total. The maximum Gasteiger partial charge on any atom is 0.244 e. The maximum atomic E-state index is 13.5. The smallest absolute Gasteiger partial charge is 0.244 e. The van der Waals surface area contributed by atoms with Crippen molar-refractivity contribution < 1.29 is 18.0 Å². The van der Waals surface area contributed by atoms with Gasteiger partial charge in [0.25, 0.3) is 0 Å². The number of anilines is 1. The van der Waals surface area contributed by atoms with Crippen molar-refractivity contribution >= 4 is 55.1 Å². The molecule has 0 unspecified atom stereocenters. The topological polar surface area (TPSA) is 86.8 Å². The molecule has 2 aromatic rings. The van der Waals surface area contributed by atoms with Crippen molar-refractivity contribution in [2.45, 2.75) is 51.2 Å². The van der Waals surface area contributed by atoms with Gasteiger partial charge in [0, 0.05) is 22.1 Å². The summed E-state index contributed by atoms with van der Waals surface area (Å²) in [5.74, 6) is -0.716. The van der Waals surface area contributed by atoms with Crippen LogP contribution in [0.4, 0.5) is 5.69 Å². The average molecular weight is 571 g/mol. The molecule has 1 N–H and O–H groups in total. The van der Waals surface area contributed by atoms with Crippen LogP contribution in [0.25, 0.3) is 0 Å². The van der Waals surface area contributed by atoms with E-state index < -0.39 is 28.5 Å². The molecule has 184 valence electrons. The van der Waals surface area contributed by atoms with Crippen LogP contribution in [-0.4, -0.2) is 50.0 Å². The molecule has 3 rings (SSSR count). The molecule has 10 heteroatoms. The van der Waals surface area contributed by atoms with Crippen LogP contribution in [0.2, 0.25) is 5.02 Å². The van der Waals surface area contributed by atoms with Crippen LogP contribution in [0.15, 0.2) is 53.0 Å². The fraction of sp³-hybridized carbons (Fsp3) is 0.417. The first kappa shape index (κ1) is 26.5. The lowest BCUT2D eigenvalue weighted by Crippen LogP contribution is -2.52. The molecule has 0 bridgehead atoms. The third-order valence-corrected chi connectivity index (χ3v) is 7.85. The Morgan fingerprint density at radius 1 is 1.09 bits per heavy atom. The van der Waals surface area contributed by atoms with E-state index in [-0.39, 0.29) is 18.5 Å². The maximum absolute atomic E-state index is 13.5. The highest BCUT2D eigenvalue weighted by atomic mass is 79.9. The van der Waals surface area contributed by atoms with Crippen molar-refractivity contribution in [2.75, 3.05) is 17.1 Å². The number of amides is 2. The Morgan fingerprint density at radius 3 is 2.24 bits per heavy atom. The van der Waals surface area contributed by atoms with Crippen LogP contribution in [0.5, 0.6) is 0 Å². The van der Waals surface area contributed by atoms with Crippen molar-refractivity contribution in [3.8, 4) is 0 Å². The molecular weight excluding hydrogens is 542 g/mol. The fourth-order valence-corrected chi connectivity index (χ4v) is 5.22. The van der Waals surface area contributed by atoms with Gasteiger partial charge in [-0.3, -0.25) is 13.9 Å². The molecule has 0 heterocycles. The van der Waals surface area contributed by atoms with E-state index in [4.69, 9.17) is 11.6 Å². The minimum Gasteiger partial charge on any atom is -0.352 e. The first-order valence-corrected chi connectivity index (χ1v) is 14.1. The third kappa shape index (κ3) is 7.20. The van der Waals surface area contributed by atoms with Gasteiger partial charge in [0.15, 0.2) is 0 Å². The molecule has 0 radical (unpaired) electrons. The Hall–Kier alpha value is -2.10. The molecule has 0 spiro atoms. The second kappa shape index (κ2) is 11.6. The molecule has 0 aliphatic heterocycles. The monoisotopic (exact) mass is 569 g/mol. The van der Waals surface area contributed by atoms with Crippen molar-refractivity contribution in [2.24, 2.45) is 0 Å². The zero-order valence-electron chi connectivity index (χ0n) is 19.2. The number of rotatable bonds is 9.